The van der Waals surface area contributed by atoms with Gasteiger partial charge in [0.1, 0.15) is 5.75 Å². The quantitative estimate of drug-likeness (QED) is 0.566. The lowest BCUT2D eigenvalue weighted by molar-refractivity contribution is -0.139. The van der Waals surface area contributed by atoms with E-state index in [1.807, 2.05) is 18.2 Å². The van der Waals surface area contributed by atoms with Crippen LogP contribution in [0.3, 0.4) is 0 Å². The number of hydrogen-bond acceptors (Lipinski definition) is 6. The van der Waals surface area contributed by atoms with E-state index >= 15 is 0 Å². The van der Waals surface area contributed by atoms with E-state index < -0.39 is 24.6 Å². The molecule has 172 valence electrons. The molecule has 0 bridgehead atoms. The predicted molar refractivity (Wildman–Crippen MR) is 121 cm³/mol. The number of carbonyl (C=O) groups is 3. The van der Waals surface area contributed by atoms with Gasteiger partial charge in [-0.25, -0.2) is 14.4 Å². The Bertz CT molecular complexity index is 994. The zero-order chi connectivity index (χ0) is 23.3. The molecular weight excluding hydrogens is 434 g/mol. The average molecular weight is 462 g/mol. The van der Waals surface area contributed by atoms with Crippen LogP contribution in [-0.4, -0.2) is 48.5 Å². The fraction of sp³-hybridized carbons (Fsp3) is 0.435. The number of aromatic carboxylic acids is 1. The maximum atomic E-state index is 12.6. The fourth-order valence-corrected chi connectivity index (χ4v) is 5.15. The number of methoxy groups -OCH3 is 1. The monoisotopic (exact) mass is 461 g/mol. The Kier molecular flexibility index (Phi) is 7.74. The number of benzene rings is 1. The standard InChI is InChI=1S/C23H27NO7S/c1-14-19(31-13-18(25)26)21(22(27)28)32-20(14)16-9-6-10-17(11-16)24(23(29)30-2)12-15-7-4-3-5-8-15/h6,9-11,15H,3-5,7-8,12-13H2,1-2H3,(H,25,26)(H,27,28). The Morgan fingerprint density at radius 1 is 1.16 bits per heavy atom. The number of carbonyl (C=O) groups excluding carboxylic acids is 1. The molecule has 1 aliphatic rings. The van der Waals surface area contributed by atoms with Gasteiger partial charge in [0, 0.05) is 22.7 Å². The van der Waals surface area contributed by atoms with Crippen LogP contribution in [0.2, 0.25) is 0 Å². The smallest absolute Gasteiger partial charge is 0.414 e. The van der Waals surface area contributed by atoms with E-state index in [9.17, 15) is 19.5 Å². The van der Waals surface area contributed by atoms with Crippen molar-refractivity contribution in [3.8, 4) is 16.2 Å². The average Bonchev–Trinajstić information content (AvgIpc) is 3.12. The van der Waals surface area contributed by atoms with Gasteiger partial charge in [-0.1, -0.05) is 31.4 Å². The molecule has 1 aromatic heterocycles. The highest BCUT2D eigenvalue weighted by Crippen LogP contribution is 2.42. The van der Waals surface area contributed by atoms with Gasteiger partial charge in [-0.3, -0.25) is 4.90 Å². The van der Waals surface area contributed by atoms with Crippen LogP contribution in [-0.2, 0) is 9.53 Å². The second kappa shape index (κ2) is 10.5. The molecule has 1 saturated carbocycles. The first-order valence-electron chi connectivity index (χ1n) is 10.5. The van der Waals surface area contributed by atoms with Crippen molar-refractivity contribution in [2.75, 3.05) is 25.2 Å². The lowest BCUT2D eigenvalue weighted by atomic mass is 9.89. The summed E-state index contributed by atoms with van der Waals surface area (Å²) in [6, 6.07) is 7.28. The molecule has 9 heteroatoms. The second-order valence-electron chi connectivity index (χ2n) is 7.84. The number of carboxylic acid groups (broad SMARTS) is 2. The molecule has 3 rings (SSSR count). The summed E-state index contributed by atoms with van der Waals surface area (Å²) in [6.45, 7) is 1.63. The summed E-state index contributed by atoms with van der Waals surface area (Å²) in [5.41, 5.74) is 1.93. The topological polar surface area (TPSA) is 113 Å². The molecular formula is C23H27NO7S. The summed E-state index contributed by atoms with van der Waals surface area (Å²) in [4.78, 5) is 37.4. The molecule has 0 saturated heterocycles. The van der Waals surface area contributed by atoms with Gasteiger partial charge >= 0.3 is 18.0 Å². The van der Waals surface area contributed by atoms with Gasteiger partial charge in [-0.05, 0) is 43.4 Å². The molecule has 1 fully saturated rings. The predicted octanol–water partition coefficient (Wildman–Crippen LogP) is 5.04. The third-order valence-corrected chi connectivity index (χ3v) is 6.92. The molecule has 1 amide bonds. The molecule has 8 nitrogen and oxygen atoms in total. The van der Waals surface area contributed by atoms with E-state index in [-0.39, 0.29) is 10.6 Å². The Balaban J connectivity index is 1.96. The zero-order valence-electron chi connectivity index (χ0n) is 18.1. The van der Waals surface area contributed by atoms with Gasteiger partial charge in [-0.15, -0.1) is 11.3 Å². The highest BCUT2D eigenvalue weighted by atomic mass is 32.1. The van der Waals surface area contributed by atoms with Gasteiger partial charge < -0.3 is 19.7 Å². The highest BCUT2D eigenvalue weighted by molar-refractivity contribution is 7.18. The number of rotatable bonds is 8. The Labute approximate surface area is 190 Å². The number of amides is 1. The van der Waals surface area contributed by atoms with Crippen LogP contribution in [0.4, 0.5) is 10.5 Å². The van der Waals surface area contributed by atoms with Gasteiger partial charge in [0.05, 0.1) is 7.11 Å². The van der Waals surface area contributed by atoms with Crippen molar-refractivity contribution in [3.05, 3.63) is 34.7 Å². The van der Waals surface area contributed by atoms with Gasteiger partial charge in [0.2, 0.25) is 0 Å². The molecule has 0 unspecified atom stereocenters. The number of aliphatic carboxylic acids is 1. The summed E-state index contributed by atoms with van der Waals surface area (Å²) < 4.78 is 10.3. The number of nitrogens with zero attached hydrogens (tertiary/aromatic N) is 1. The highest BCUT2D eigenvalue weighted by Gasteiger charge is 2.26. The van der Waals surface area contributed by atoms with Crippen molar-refractivity contribution >= 4 is 35.1 Å². The zero-order valence-corrected chi connectivity index (χ0v) is 18.9. The van der Waals surface area contributed by atoms with Crippen molar-refractivity contribution in [2.24, 2.45) is 5.92 Å². The van der Waals surface area contributed by atoms with Crippen molar-refractivity contribution < 1.29 is 34.1 Å². The van der Waals surface area contributed by atoms with E-state index in [0.29, 0.717) is 28.6 Å². The van der Waals surface area contributed by atoms with Crippen molar-refractivity contribution in [1.29, 1.82) is 0 Å². The SMILES string of the molecule is COC(=O)N(CC1CCCCC1)c1cccc(-c2sc(C(=O)O)c(OCC(=O)O)c2C)c1. The largest absolute Gasteiger partial charge is 0.480 e. The molecule has 2 aromatic rings. The second-order valence-corrected chi connectivity index (χ2v) is 8.86. The van der Waals surface area contributed by atoms with Crippen LogP contribution in [0, 0.1) is 12.8 Å². The number of carboxylic acids is 2. The Hall–Kier alpha value is -3.07. The molecule has 1 aromatic carbocycles. The molecule has 1 heterocycles. The number of ether oxygens (including phenoxy) is 2. The first-order chi connectivity index (χ1) is 15.3. The van der Waals surface area contributed by atoms with E-state index in [2.05, 4.69) is 0 Å². The summed E-state index contributed by atoms with van der Waals surface area (Å²) in [7, 11) is 1.36. The molecule has 32 heavy (non-hydrogen) atoms. The third-order valence-electron chi connectivity index (χ3n) is 5.61. The summed E-state index contributed by atoms with van der Waals surface area (Å²) >= 11 is 1.02. The van der Waals surface area contributed by atoms with Crippen LogP contribution in [0.25, 0.3) is 10.4 Å². The van der Waals surface area contributed by atoms with Crippen LogP contribution >= 0.6 is 11.3 Å². The van der Waals surface area contributed by atoms with E-state index in [1.54, 1.807) is 17.9 Å². The molecule has 2 N–H and O–H groups in total. The molecule has 0 radical (unpaired) electrons. The number of anilines is 1. The van der Waals surface area contributed by atoms with E-state index in [0.717, 1.165) is 42.6 Å². The van der Waals surface area contributed by atoms with Crippen molar-refractivity contribution in [2.45, 2.75) is 39.0 Å². The lowest BCUT2D eigenvalue weighted by Gasteiger charge is -2.29. The summed E-state index contributed by atoms with van der Waals surface area (Å²) in [5.74, 6) is -1.91. The fourth-order valence-electron chi connectivity index (χ4n) is 4.06. The minimum Gasteiger partial charge on any atom is -0.480 e. The van der Waals surface area contributed by atoms with Crippen LogP contribution < -0.4 is 9.64 Å². The van der Waals surface area contributed by atoms with Crippen LogP contribution in [0.1, 0.15) is 47.3 Å². The van der Waals surface area contributed by atoms with Crippen molar-refractivity contribution in [3.63, 3.8) is 0 Å². The van der Waals surface area contributed by atoms with Crippen molar-refractivity contribution in [1.82, 2.24) is 0 Å². The van der Waals surface area contributed by atoms with Gasteiger partial charge in [0.15, 0.2) is 11.5 Å². The van der Waals surface area contributed by atoms with Crippen LogP contribution in [0.15, 0.2) is 24.3 Å². The third kappa shape index (κ3) is 5.40. The Morgan fingerprint density at radius 2 is 1.88 bits per heavy atom. The maximum absolute atomic E-state index is 12.6. The minimum absolute atomic E-state index is 0.0531. The van der Waals surface area contributed by atoms with E-state index in [1.165, 1.54) is 13.5 Å². The first-order valence-corrected chi connectivity index (χ1v) is 11.3. The number of thiophene rings is 1. The first kappa shape index (κ1) is 23.6. The van der Waals surface area contributed by atoms with Gasteiger partial charge in [0.25, 0.3) is 0 Å². The lowest BCUT2D eigenvalue weighted by Crippen LogP contribution is -2.36. The summed E-state index contributed by atoms with van der Waals surface area (Å²) in [6.07, 6.45) is 5.25. The Morgan fingerprint density at radius 3 is 2.50 bits per heavy atom. The van der Waals surface area contributed by atoms with E-state index in [4.69, 9.17) is 14.6 Å². The summed E-state index contributed by atoms with van der Waals surface area (Å²) in [5, 5.41) is 18.5. The molecule has 0 atom stereocenters. The molecule has 0 aliphatic heterocycles. The van der Waals surface area contributed by atoms with Gasteiger partial charge in [-0.2, -0.15) is 0 Å². The molecule has 1 aliphatic carbocycles. The van der Waals surface area contributed by atoms with Crippen LogP contribution in [0.5, 0.6) is 5.75 Å². The normalized spacial score (nSPS) is 14.1. The molecule has 0 spiro atoms. The minimum atomic E-state index is -1.19. The maximum Gasteiger partial charge on any atom is 0.414 e. The number of hydrogen-bond donors (Lipinski definition) is 2.